The molecule has 0 saturated carbocycles. The van der Waals surface area contributed by atoms with Crippen LogP contribution in [-0.4, -0.2) is 17.6 Å². The van der Waals surface area contributed by atoms with Gasteiger partial charge >= 0.3 is 0 Å². The molecule has 3 aromatic rings. The average molecular weight is 343 g/mol. The Kier molecular flexibility index (Phi) is 3.49. The molecule has 0 fully saturated rings. The van der Waals surface area contributed by atoms with Crippen LogP contribution in [0.3, 0.4) is 0 Å². The Bertz CT molecular complexity index is 1050. The van der Waals surface area contributed by atoms with Gasteiger partial charge in [-0.2, -0.15) is 0 Å². The van der Waals surface area contributed by atoms with Crippen LogP contribution in [0, 0.1) is 0 Å². The maximum atomic E-state index is 12.4. The van der Waals surface area contributed by atoms with Crippen LogP contribution in [0.5, 0.6) is 11.5 Å². The Morgan fingerprint density at radius 2 is 1.88 bits per heavy atom. The molecule has 0 N–H and O–H groups in total. The molecule has 4 heteroatoms. The summed E-state index contributed by atoms with van der Waals surface area (Å²) in [6.07, 6.45) is 4.94. The molecule has 0 unspecified atom stereocenters. The zero-order valence-corrected chi connectivity index (χ0v) is 14.1. The first kappa shape index (κ1) is 15.1. The lowest BCUT2D eigenvalue weighted by atomic mass is 9.81. The summed E-state index contributed by atoms with van der Waals surface area (Å²) in [5.41, 5.74) is 4.25. The van der Waals surface area contributed by atoms with Crippen molar-refractivity contribution in [2.45, 2.75) is 18.8 Å². The number of hydrogen-bond donors (Lipinski definition) is 0. The van der Waals surface area contributed by atoms with Gasteiger partial charge in [-0.1, -0.05) is 18.2 Å². The van der Waals surface area contributed by atoms with E-state index in [4.69, 9.17) is 9.47 Å². The van der Waals surface area contributed by atoms with Crippen molar-refractivity contribution in [1.82, 2.24) is 4.98 Å². The summed E-state index contributed by atoms with van der Waals surface area (Å²) >= 11 is 0. The monoisotopic (exact) mass is 343 g/mol. The van der Waals surface area contributed by atoms with Crippen LogP contribution in [0.15, 0.2) is 60.8 Å². The highest BCUT2D eigenvalue weighted by molar-refractivity contribution is 6.00. The van der Waals surface area contributed by atoms with Crippen LogP contribution in [0.25, 0.3) is 16.5 Å². The van der Waals surface area contributed by atoms with E-state index in [-0.39, 0.29) is 18.5 Å². The Morgan fingerprint density at radius 3 is 2.85 bits per heavy atom. The van der Waals surface area contributed by atoms with E-state index in [9.17, 15) is 4.79 Å². The molecular weight excluding hydrogens is 326 g/mol. The molecule has 1 aromatic heterocycles. The summed E-state index contributed by atoms with van der Waals surface area (Å²) in [5.74, 6) is 1.86. The molecule has 4 nitrogen and oxygen atoms in total. The summed E-state index contributed by atoms with van der Waals surface area (Å²) in [6.45, 7) is 0.263. The van der Waals surface area contributed by atoms with Gasteiger partial charge < -0.3 is 9.47 Å². The fraction of sp³-hybridized carbons (Fsp3) is 0.182. The second-order valence-corrected chi connectivity index (χ2v) is 6.76. The van der Waals surface area contributed by atoms with Gasteiger partial charge in [0.25, 0.3) is 0 Å². The molecule has 0 amide bonds. The molecule has 0 spiro atoms. The van der Waals surface area contributed by atoms with Crippen molar-refractivity contribution in [3.8, 4) is 11.5 Å². The van der Waals surface area contributed by atoms with Gasteiger partial charge in [-0.25, -0.2) is 0 Å². The number of ether oxygens (including phenoxy) is 2. The normalized spacial score (nSPS) is 18.8. The Hall–Kier alpha value is -3.14. The van der Waals surface area contributed by atoms with Gasteiger partial charge in [0.05, 0.1) is 5.52 Å². The van der Waals surface area contributed by atoms with Crippen LogP contribution in [0.4, 0.5) is 0 Å². The highest BCUT2D eigenvalue weighted by Crippen LogP contribution is 2.40. The number of carbonyl (C=O) groups is 1. The molecule has 128 valence electrons. The number of fused-ring (bicyclic) bond motifs is 2. The van der Waals surface area contributed by atoms with Crippen LogP contribution in [0.1, 0.15) is 29.9 Å². The summed E-state index contributed by atoms with van der Waals surface area (Å²) in [5, 5.41) is 1.09. The molecule has 2 heterocycles. The molecular formula is C22H17NO3. The zero-order chi connectivity index (χ0) is 17.5. The van der Waals surface area contributed by atoms with Crippen LogP contribution in [-0.2, 0) is 4.79 Å². The van der Waals surface area contributed by atoms with E-state index in [1.807, 2.05) is 36.4 Å². The van der Waals surface area contributed by atoms with Crippen LogP contribution < -0.4 is 9.47 Å². The van der Waals surface area contributed by atoms with Gasteiger partial charge in [0.2, 0.25) is 6.79 Å². The maximum absolute atomic E-state index is 12.4. The Balaban J connectivity index is 1.48. The van der Waals surface area contributed by atoms with E-state index in [0.717, 1.165) is 45.5 Å². The highest BCUT2D eigenvalue weighted by Gasteiger charge is 2.25. The largest absolute Gasteiger partial charge is 0.454 e. The molecule has 0 saturated heterocycles. The third kappa shape index (κ3) is 2.64. The number of hydrogen-bond acceptors (Lipinski definition) is 4. The predicted octanol–water partition coefficient (Wildman–Crippen LogP) is 4.49. The zero-order valence-electron chi connectivity index (χ0n) is 14.1. The minimum absolute atomic E-state index is 0.154. The molecule has 1 aliphatic heterocycles. The van der Waals surface area contributed by atoms with Gasteiger partial charge in [0, 0.05) is 18.0 Å². The van der Waals surface area contributed by atoms with E-state index in [1.165, 1.54) is 0 Å². The Labute approximate surface area is 151 Å². The number of ketones is 1. The second-order valence-electron chi connectivity index (χ2n) is 6.76. The number of nitrogens with zero attached hydrogens (tertiary/aromatic N) is 1. The number of pyridine rings is 1. The van der Waals surface area contributed by atoms with Gasteiger partial charge in [-0.3, -0.25) is 9.78 Å². The number of aromatic nitrogens is 1. The second kappa shape index (κ2) is 5.99. The van der Waals surface area contributed by atoms with Crippen molar-refractivity contribution in [3.05, 3.63) is 71.9 Å². The molecule has 5 rings (SSSR count). The van der Waals surface area contributed by atoms with Gasteiger partial charge in [-0.05, 0) is 65.4 Å². The van der Waals surface area contributed by atoms with Crippen molar-refractivity contribution in [2.24, 2.45) is 0 Å². The molecule has 2 aromatic carbocycles. The van der Waals surface area contributed by atoms with Crippen molar-refractivity contribution in [2.75, 3.05) is 6.79 Å². The standard InChI is InChI=1S/C22H17NO3/c24-19-10-17(14-3-5-20-16(8-14)2-1-7-23-20)9-18(11-19)15-4-6-21-22(12-15)26-13-25-21/h1-8,10,12,18H,9,11,13H2/t18-/m1/s1. The molecule has 26 heavy (non-hydrogen) atoms. The van der Waals surface area contributed by atoms with E-state index in [0.29, 0.717) is 6.42 Å². The molecule has 0 radical (unpaired) electrons. The smallest absolute Gasteiger partial charge is 0.231 e. The Morgan fingerprint density at radius 1 is 0.962 bits per heavy atom. The third-order valence-corrected chi connectivity index (χ3v) is 5.09. The van der Waals surface area contributed by atoms with E-state index >= 15 is 0 Å². The predicted molar refractivity (Wildman–Crippen MR) is 99.3 cm³/mol. The summed E-state index contributed by atoms with van der Waals surface area (Å²) in [7, 11) is 0. The van der Waals surface area contributed by atoms with E-state index < -0.39 is 0 Å². The highest BCUT2D eigenvalue weighted by atomic mass is 16.7. The topological polar surface area (TPSA) is 48.4 Å². The average Bonchev–Trinajstić information content (AvgIpc) is 3.15. The SMILES string of the molecule is O=C1C=C(c2ccc3ncccc3c2)C[C@@H](c2ccc3c(c2)OCO3)C1. The quantitative estimate of drug-likeness (QED) is 0.688. The first-order chi connectivity index (χ1) is 12.8. The van der Waals surface area contributed by atoms with Crippen molar-refractivity contribution >= 4 is 22.3 Å². The number of rotatable bonds is 2. The molecule has 1 aliphatic carbocycles. The summed E-state index contributed by atoms with van der Waals surface area (Å²) < 4.78 is 10.9. The third-order valence-electron chi connectivity index (χ3n) is 5.09. The minimum atomic E-state index is 0.154. The lowest BCUT2D eigenvalue weighted by Crippen LogP contribution is -2.12. The summed E-state index contributed by atoms with van der Waals surface area (Å²) in [6, 6.07) is 16.1. The number of allylic oxidation sites excluding steroid dienone is 2. The fourth-order valence-corrected chi connectivity index (χ4v) is 3.77. The van der Waals surface area contributed by atoms with E-state index in [1.54, 1.807) is 12.3 Å². The van der Waals surface area contributed by atoms with Crippen molar-refractivity contribution < 1.29 is 14.3 Å². The number of carbonyl (C=O) groups excluding carboxylic acids is 1. The molecule has 0 bridgehead atoms. The van der Waals surface area contributed by atoms with Crippen molar-refractivity contribution in [3.63, 3.8) is 0 Å². The minimum Gasteiger partial charge on any atom is -0.454 e. The van der Waals surface area contributed by atoms with Crippen LogP contribution in [0.2, 0.25) is 0 Å². The van der Waals surface area contributed by atoms with Gasteiger partial charge in [0.15, 0.2) is 17.3 Å². The van der Waals surface area contributed by atoms with Crippen molar-refractivity contribution in [1.29, 1.82) is 0 Å². The molecule has 2 aliphatic rings. The van der Waals surface area contributed by atoms with Crippen LogP contribution >= 0.6 is 0 Å². The van der Waals surface area contributed by atoms with Gasteiger partial charge in [0.1, 0.15) is 0 Å². The molecule has 1 atom stereocenters. The lowest BCUT2D eigenvalue weighted by molar-refractivity contribution is -0.115. The van der Waals surface area contributed by atoms with Gasteiger partial charge in [-0.15, -0.1) is 0 Å². The first-order valence-electron chi connectivity index (χ1n) is 8.74. The number of benzene rings is 2. The maximum Gasteiger partial charge on any atom is 0.231 e. The summed E-state index contributed by atoms with van der Waals surface area (Å²) in [4.78, 5) is 16.7. The first-order valence-corrected chi connectivity index (χ1v) is 8.74. The lowest BCUT2D eigenvalue weighted by Gasteiger charge is -2.23. The fourth-order valence-electron chi connectivity index (χ4n) is 3.77. The van der Waals surface area contributed by atoms with E-state index in [2.05, 4.69) is 17.1 Å².